The Morgan fingerprint density at radius 3 is 2.18 bits per heavy atom. The number of hydrogen-bond donors (Lipinski definition) is 0. The van der Waals surface area contributed by atoms with Gasteiger partial charge in [0.2, 0.25) is 10.0 Å². The quantitative estimate of drug-likeness (QED) is 0.692. The standard InChI is InChI=1S/C21H33N3O3S/c1-28(25,26)24-12-10-23(11-13-24)17-19-14-21(15-19)27-20-6-4-18(5-7-20)16-22-8-2-3-9-22/h4-7,19,21H,2-3,8-17H2,1H3. The maximum atomic E-state index is 11.6. The maximum absolute atomic E-state index is 11.6. The molecule has 0 atom stereocenters. The minimum atomic E-state index is -3.04. The maximum Gasteiger partial charge on any atom is 0.211 e. The Hall–Kier alpha value is -1.15. The summed E-state index contributed by atoms with van der Waals surface area (Å²) in [6, 6.07) is 8.63. The van der Waals surface area contributed by atoms with E-state index in [9.17, 15) is 8.42 Å². The zero-order valence-electron chi connectivity index (χ0n) is 16.9. The van der Waals surface area contributed by atoms with Crippen LogP contribution in [0.25, 0.3) is 0 Å². The first-order chi connectivity index (χ1) is 13.5. The van der Waals surface area contributed by atoms with Crippen LogP contribution in [0.15, 0.2) is 24.3 Å². The van der Waals surface area contributed by atoms with Crippen molar-refractivity contribution in [2.75, 3.05) is 52.1 Å². The predicted molar refractivity (Wildman–Crippen MR) is 111 cm³/mol. The molecule has 1 aliphatic carbocycles. The Morgan fingerprint density at radius 2 is 1.57 bits per heavy atom. The molecule has 4 rings (SSSR count). The van der Waals surface area contributed by atoms with Gasteiger partial charge in [0.05, 0.1) is 12.4 Å². The van der Waals surface area contributed by atoms with Gasteiger partial charge < -0.3 is 9.64 Å². The van der Waals surface area contributed by atoms with E-state index in [1.807, 2.05) is 0 Å². The van der Waals surface area contributed by atoms with Gasteiger partial charge >= 0.3 is 0 Å². The lowest BCUT2D eigenvalue weighted by atomic mass is 9.81. The number of hydrogen-bond acceptors (Lipinski definition) is 5. The second-order valence-corrected chi connectivity index (χ2v) is 10.6. The van der Waals surface area contributed by atoms with E-state index in [0.717, 1.165) is 44.8 Å². The van der Waals surface area contributed by atoms with Crippen molar-refractivity contribution in [3.63, 3.8) is 0 Å². The van der Waals surface area contributed by atoms with Crippen molar-refractivity contribution in [2.24, 2.45) is 5.92 Å². The first kappa shape index (κ1) is 20.1. The van der Waals surface area contributed by atoms with Gasteiger partial charge in [0.25, 0.3) is 0 Å². The molecule has 1 saturated carbocycles. The summed E-state index contributed by atoms with van der Waals surface area (Å²) in [6.45, 7) is 7.49. The molecule has 0 aromatic heterocycles. The lowest BCUT2D eigenvalue weighted by Gasteiger charge is -2.41. The zero-order chi connectivity index (χ0) is 19.6. The first-order valence-corrected chi connectivity index (χ1v) is 12.5. The summed E-state index contributed by atoms with van der Waals surface area (Å²) in [5, 5.41) is 0. The lowest BCUT2D eigenvalue weighted by Crippen LogP contribution is -2.51. The van der Waals surface area contributed by atoms with Crippen molar-refractivity contribution >= 4 is 10.0 Å². The molecule has 1 aromatic carbocycles. The minimum Gasteiger partial charge on any atom is -0.490 e. The number of likely N-dealkylation sites (tertiary alicyclic amines) is 1. The van der Waals surface area contributed by atoms with E-state index in [1.54, 1.807) is 4.31 Å². The van der Waals surface area contributed by atoms with Crippen LogP contribution >= 0.6 is 0 Å². The molecule has 28 heavy (non-hydrogen) atoms. The number of rotatable bonds is 7. The molecule has 156 valence electrons. The molecule has 3 fully saturated rings. The molecular formula is C21H33N3O3S. The van der Waals surface area contributed by atoms with Crippen LogP contribution in [0, 0.1) is 5.92 Å². The highest BCUT2D eigenvalue weighted by atomic mass is 32.2. The Labute approximate surface area is 169 Å². The van der Waals surface area contributed by atoms with E-state index in [-0.39, 0.29) is 0 Å². The third kappa shape index (κ3) is 5.26. The molecule has 0 spiro atoms. The molecule has 1 aromatic rings. The van der Waals surface area contributed by atoms with Crippen LogP contribution < -0.4 is 4.74 Å². The molecule has 0 bridgehead atoms. The van der Waals surface area contributed by atoms with Gasteiger partial charge in [0, 0.05) is 39.3 Å². The van der Waals surface area contributed by atoms with E-state index >= 15 is 0 Å². The summed E-state index contributed by atoms with van der Waals surface area (Å²) >= 11 is 0. The summed E-state index contributed by atoms with van der Waals surface area (Å²) in [7, 11) is -3.04. The van der Waals surface area contributed by atoms with E-state index in [2.05, 4.69) is 34.1 Å². The summed E-state index contributed by atoms with van der Waals surface area (Å²) in [5.74, 6) is 1.65. The molecule has 0 N–H and O–H groups in total. The Morgan fingerprint density at radius 1 is 0.929 bits per heavy atom. The van der Waals surface area contributed by atoms with Crippen molar-refractivity contribution in [1.82, 2.24) is 14.1 Å². The van der Waals surface area contributed by atoms with Crippen molar-refractivity contribution in [2.45, 2.75) is 38.3 Å². The molecule has 0 unspecified atom stereocenters. The number of ether oxygens (including phenoxy) is 1. The Kier molecular flexibility index (Phi) is 6.25. The Bertz CT molecular complexity index is 733. The normalized spacial score (nSPS) is 27.6. The van der Waals surface area contributed by atoms with Crippen LogP contribution in [0.2, 0.25) is 0 Å². The largest absolute Gasteiger partial charge is 0.490 e. The van der Waals surface area contributed by atoms with Gasteiger partial charge in [-0.1, -0.05) is 12.1 Å². The van der Waals surface area contributed by atoms with Crippen LogP contribution in [0.5, 0.6) is 5.75 Å². The van der Waals surface area contributed by atoms with E-state index in [4.69, 9.17) is 4.74 Å². The number of benzene rings is 1. The molecular weight excluding hydrogens is 374 g/mol. The number of sulfonamides is 1. The fourth-order valence-electron chi connectivity index (χ4n) is 4.59. The van der Waals surface area contributed by atoms with Crippen molar-refractivity contribution in [3.05, 3.63) is 29.8 Å². The summed E-state index contributed by atoms with van der Waals surface area (Å²) in [6.07, 6.45) is 6.49. The van der Waals surface area contributed by atoms with Gasteiger partial charge in [-0.2, -0.15) is 4.31 Å². The molecule has 0 amide bonds. The van der Waals surface area contributed by atoms with Gasteiger partial charge in [-0.05, 0) is 62.4 Å². The second-order valence-electron chi connectivity index (χ2n) is 8.67. The fourth-order valence-corrected chi connectivity index (χ4v) is 5.42. The van der Waals surface area contributed by atoms with Crippen LogP contribution in [-0.4, -0.2) is 80.7 Å². The fraction of sp³-hybridized carbons (Fsp3) is 0.714. The van der Waals surface area contributed by atoms with Crippen molar-refractivity contribution < 1.29 is 13.2 Å². The van der Waals surface area contributed by atoms with Crippen LogP contribution in [0.1, 0.15) is 31.2 Å². The third-order valence-corrected chi connectivity index (χ3v) is 7.64. The van der Waals surface area contributed by atoms with E-state index in [1.165, 1.54) is 37.8 Å². The zero-order valence-corrected chi connectivity index (χ0v) is 17.7. The monoisotopic (exact) mass is 407 g/mol. The molecule has 6 nitrogen and oxygen atoms in total. The smallest absolute Gasteiger partial charge is 0.211 e. The summed E-state index contributed by atoms with van der Waals surface area (Å²) < 4.78 is 30.9. The molecule has 2 aliphatic heterocycles. The topological polar surface area (TPSA) is 53.1 Å². The van der Waals surface area contributed by atoms with Gasteiger partial charge in [-0.25, -0.2) is 8.42 Å². The minimum absolute atomic E-state index is 0.326. The van der Waals surface area contributed by atoms with Gasteiger partial charge in [-0.3, -0.25) is 4.90 Å². The van der Waals surface area contributed by atoms with Gasteiger partial charge in [0.1, 0.15) is 5.75 Å². The molecule has 2 saturated heterocycles. The highest BCUT2D eigenvalue weighted by Crippen LogP contribution is 2.32. The molecule has 0 radical (unpaired) electrons. The summed E-state index contributed by atoms with van der Waals surface area (Å²) in [4.78, 5) is 4.91. The van der Waals surface area contributed by atoms with E-state index < -0.39 is 10.0 Å². The van der Waals surface area contributed by atoms with Crippen LogP contribution in [0.3, 0.4) is 0 Å². The average Bonchev–Trinajstić information content (AvgIpc) is 3.14. The molecule has 2 heterocycles. The SMILES string of the molecule is CS(=O)(=O)N1CCN(CC2CC(Oc3ccc(CN4CCCC4)cc3)C2)CC1. The Balaban J connectivity index is 1.15. The number of piperazine rings is 1. The summed E-state index contributed by atoms with van der Waals surface area (Å²) in [5.41, 5.74) is 1.37. The second kappa shape index (κ2) is 8.69. The average molecular weight is 408 g/mol. The molecule has 7 heteroatoms. The van der Waals surface area contributed by atoms with Crippen molar-refractivity contribution in [1.29, 1.82) is 0 Å². The van der Waals surface area contributed by atoms with Crippen LogP contribution in [0.4, 0.5) is 0 Å². The lowest BCUT2D eigenvalue weighted by molar-refractivity contribution is 0.0366. The third-order valence-electron chi connectivity index (χ3n) is 6.34. The van der Waals surface area contributed by atoms with Crippen molar-refractivity contribution in [3.8, 4) is 5.75 Å². The van der Waals surface area contributed by atoms with Gasteiger partial charge in [0.15, 0.2) is 0 Å². The van der Waals surface area contributed by atoms with Crippen LogP contribution in [-0.2, 0) is 16.6 Å². The van der Waals surface area contributed by atoms with Gasteiger partial charge in [-0.15, -0.1) is 0 Å². The number of nitrogens with zero attached hydrogens (tertiary/aromatic N) is 3. The first-order valence-electron chi connectivity index (χ1n) is 10.6. The predicted octanol–water partition coefficient (Wildman–Crippen LogP) is 2.02. The highest BCUT2D eigenvalue weighted by Gasteiger charge is 2.33. The molecule has 3 aliphatic rings. The van der Waals surface area contributed by atoms with E-state index in [0.29, 0.717) is 25.1 Å². The highest BCUT2D eigenvalue weighted by molar-refractivity contribution is 7.88.